The fourth-order valence-corrected chi connectivity index (χ4v) is 3.89. The van der Waals surface area contributed by atoms with E-state index in [0.29, 0.717) is 5.56 Å². The highest BCUT2D eigenvalue weighted by Gasteiger charge is 2.25. The molecule has 27 heavy (non-hydrogen) atoms. The predicted octanol–water partition coefficient (Wildman–Crippen LogP) is 4.74. The number of aromatic nitrogens is 3. The molecule has 6 rings (SSSR count). The molecule has 1 amide bonds. The highest BCUT2D eigenvalue weighted by molar-refractivity contribution is 6.14. The summed E-state index contributed by atoms with van der Waals surface area (Å²) in [5, 5.41) is 4.16. The highest BCUT2D eigenvalue weighted by Crippen LogP contribution is 2.36. The van der Waals surface area contributed by atoms with Crippen LogP contribution in [0, 0.1) is 0 Å². The van der Waals surface area contributed by atoms with Gasteiger partial charge in [-0.05, 0) is 48.5 Å². The van der Waals surface area contributed by atoms with Gasteiger partial charge < -0.3 is 10.3 Å². The van der Waals surface area contributed by atoms with Crippen molar-refractivity contribution in [3.63, 3.8) is 0 Å². The fraction of sp³-hybridized carbons (Fsp3) is 0. The molecule has 0 spiro atoms. The van der Waals surface area contributed by atoms with Gasteiger partial charge in [0.05, 0.1) is 28.0 Å². The Kier molecular flexibility index (Phi) is 2.69. The zero-order chi connectivity index (χ0) is 18.0. The molecule has 0 aliphatic carbocycles. The number of fused-ring (bicyclic) bond motifs is 3. The van der Waals surface area contributed by atoms with Crippen LogP contribution >= 0.6 is 0 Å². The lowest BCUT2D eigenvalue weighted by Gasteiger charge is -2.12. The second-order valence-corrected chi connectivity index (χ2v) is 6.70. The number of anilines is 1. The van der Waals surface area contributed by atoms with E-state index in [4.69, 9.17) is 4.98 Å². The van der Waals surface area contributed by atoms with Crippen molar-refractivity contribution >= 4 is 33.5 Å². The molecule has 0 bridgehead atoms. The standard InChI is InChI=1S/C22H14N4O/c27-22-15-4-3-6-18-20(15)26(19-7-2-1-5-17(19)25-22)21(24-18)14-8-9-16-13(12-14)10-11-23-16/h1-12,23H,(H,25,27). The summed E-state index contributed by atoms with van der Waals surface area (Å²) in [5.74, 6) is 0.712. The third kappa shape index (κ3) is 1.93. The van der Waals surface area contributed by atoms with Crippen molar-refractivity contribution in [3.8, 4) is 17.1 Å². The van der Waals surface area contributed by atoms with Gasteiger partial charge in [-0.2, -0.15) is 0 Å². The average molecular weight is 350 g/mol. The van der Waals surface area contributed by atoms with Crippen LogP contribution in [-0.4, -0.2) is 20.4 Å². The Hall–Kier alpha value is -3.86. The molecule has 0 unspecified atom stereocenters. The topological polar surface area (TPSA) is 62.7 Å². The largest absolute Gasteiger partial charge is 0.361 e. The Balaban J connectivity index is 1.76. The molecule has 0 radical (unpaired) electrons. The van der Waals surface area contributed by atoms with Crippen molar-refractivity contribution in [1.29, 1.82) is 0 Å². The predicted molar refractivity (Wildman–Crippen MR) is 106 cm³/mol. The first-order chi connectivity index (χ1) is 13.3. The molecule has 0 saturated carbocycles. The molecule has 0 saturated heterocycles. The molecule has 128 valence electrons. The Bertz CT molecular complexity index is 1380. The Labute approximate surface area is 154 Å². The summed E-state index contributed by atoms with van der Waals surface area (Å²) >= 11 is 0. The molecule has 1 aliphatic rings. The quantitative estimate of drug-likeness (QED) is 0.459. The third-order valence-corrected chi connectivity index (χ3v) is 5.13. The normalized spacial score (nSPS) is 12.8. The molecule has 2 N–H and O–H groups in total. The molecule has 5 heteroatoms. The van der Waals surface area contributed by atoms with Crippen LogP contribution in [0.4, 0.5) is 5.69 Å². The number of aromatic amines is 1. The minimum Gasteiger partial charge on any atom is -0.361 e. The van der Waals surface area contributed by atoms with E-state index in [1.807, 2.05) is 54.7 Å². The van der Waals surface area contributed by atoms with E-state index < -0.39 is 0 Å². The van der Waals surface area contributed by atoms with E-state index in [1.165, 1.54) is 0 Å². The summed E-state index contributed by atoms with van der Waals surface area (Å²) in [5.41, 5.74) is 6.07. The van der Waals surface area contributed by atoms with Gasteiger partial charge in [0.1, 0.15) is 5.82 Å². The second kappa shape index (κ2) is 5.08. The number of nitrogens with one attached hydrogen (secondary N) is 2. The van der Waals surface area contributed by atoms with Crippen LogP contribution in [0.2, 0.25) is 0 Å². The number of H-pyrrole nitrogens is 1. The van der Waals surface area contributed by atoms with Crippen LogP contribution in [0.1, 0.15) is 10.4 Å². The summed E-state index contributed by atoms with van der Waals surface area (Å²) in [7, 11) is 0. The number of hydrogen-bond donors (Lipinski definition) is 2. The monoisotopic (exact) mass is 350 g/mol. The summed E-state index contributed by atoms with van der Waals surface area (Å²) in [6, 6.07) is 21.8. The van der Waals surface area contributed by atoms with Crippen LogP contribution in [0.15, 0.2) is 72.9 Å². The molecule has 0 atom stereocenters. The molecule has 5 aromatic rings. The number of hydrogen-bond acceptors (Lipinski definition) is 2. The van der Waals surface area contributed by atoms with Crippen molar-refractivity contribution in [3.05, 3.63) is 78.5 Å². The van der Waals surface area contributed by atoms with E-state index in [-0.39, 0.29) is 5.91 Å². The first kappa shape index (κ1) is 14.3. The summed E-state index contributed by atoms with van der Waals surface area (Å²) in [6.07, 6.45) is 1.93. The van der Waals surface area contributed by atoms with Crippen LogP contribution in [0.5, 0.6) is 0 Å². The zero-order valence-corrected chi connectivity index (χ0v) is 14.2. The van der Waals surface area contributed by atoms with Gasteiger partial charge in [-0.1, -0.05) is 18.2 Å². The third-order valence-electron chi connectivity index (χ3n) is 5.13. The Morgan fingerprint density at radius 3 is 2.81 bits per heavy atom. The van der Waals surface area contributed by atoms with Gasteiger partial charge >= 0.3 is 0 Å². The van der Waals surface area contributed by atoms with E-state index >= 15 is 0 Å². The van der Waals surface area contributed by atoms with Crippen LogP contribution in [0.25, 0.3) is 39.0 Å². The number of imidazole rings is 1. The molecule has 0 fully saturated rings. The summed E-state index contributed by atoms with van der Waals surface area (Å²) in [6.45, 7) is 0. The van der Waals surface area contributed by atoms with E-state index in [9.17, 15) is 4.79 Å². The van der Waals surface area contributed by atoms with Gasteiger partial charge in [-0.25, -0.2) is 4.98 Å². The average Bonchev–Trinajstić information content (AvgIpc) is 3.28. The molecule has 2 aromatic heterocycles. The maximum absolute atomic E-state index is 12.8. The number of benzene rings is 3. The Morgan fingerprint density at radius 1 is 0.926 bits per heavy atom. The Morgan fingerprint density at radius 2 is 1.85 bits per heavy atom. The summed E-state index contributed by atoms with van der Waals surface area (Å²) in [4.78, 5) is 20.9. The van der Waals surface area contributed by atoms with Crippen molar-refractivity contribution in [1.82, 2.24) is 14.5 Å². The minimum absolute atomic E-state index is 0.112. The molecular weight excluding hydrogens is 336 g/mol. The number of carbonyl (C=O) groups excluding carboxylic acids is 1. The first-order valence-corrected chi connectivity index (χ1v) is 8.79. The van der Waals surface area contributed by atoms with Crippen LogP contribution < -0.4 is 5.32 Å². The van der Waals surface area contributed by atoms with Gasteiger partial charge in [-0.15, -0.1) is 0 Å². The molecular formula is C22H14N4O. The lowest BCUT2D eigenvalue weighted by atomic mass is 10.1. The van der Waals surface area contributed by atoms with Crippen molar-refractivity contribution < 1.29 is 4.79 Å². The maximum atomic E-state index is 12.8. The number of nitrogens with zero attached hydrogens (tertiary/aromatic N) is 2. The van der Waals surface area contributed by atoms with E-state index in [1.54, 1.807) is 0 Å². The molecule has 3 aromatic carbocycles. The summed E-state index contributed by atoms with van der Waals surface area (Å²) < 4.78 is 2.09. The highest BCUT2D eigenvalue weighted by atomic mass is 16.1. The van der Waals surface area contributed by atoms with Crippen molar-refractivity contribution in [2.45, 2.75) is 0 Å². The van der Waals surface area contributed by atoms with Gasteiger partial charge in [0, 0.05) is 22.7 Å². The van der Waals surface area contributed by atoms with Gasteiger partial charge in [0.25, 0.3) is 5.91 Å². The van der Waals surface area contributed by atoms with E-state index in [0.717, 1.165) is 44.7 Å². The van der Waals surface area contributed by atoms with Crippen LogP contribution in [0.3, 0.4) is 0 Å². The maximum Gasteiger partial charge on any atom is 0.257 e. The van der Waals surface area contributed by atoms with Gasteiger partial charge in [-0.3, -0.25) is 9.36 Å². The van der Waals surface area contributed by atoms with Crippen molar-refractivity contribution in [2.24, 2.45) is 0 Å². The number of para-hydroxylation sites is 3. The number of carbonyl (C=O) groups is 1. The number of amides is 1. The lowest BCUT2D eigenvalue weighted by Crippen LogP contribution is -2.10. The van der Waals surface area contributed by atoms with Gasteiger partial charge in [0.15, 0.2) is 0 Å². The lowest BCUT2D eigenvalue weighted by molar-refractivity contribution is 0.102. The first-order valence-electron chi connectivity index (χ1n) is 8.79. The number of rotatable bonds is 1. The van der Waals surface area contributed by atoms with Gasteiger partial charge in [0.2, 0.25) is 0 Å². The smallest absolute Gasteiger partial charge is 0.257 e. The van der Waals surface area contributed by atoms with E-state index in [2.05, 4.69) is 33.1 Å². The molecule has 1 aliphatic heterocycles. The second-order valence-electron chi connectivity index (χ2n) is 6.70. The molecule has 3 heterocycles. The van der Waals surface area contributed by atoms with Crippen molar-refractivity contribution in [2.75, 3.05) is 5.32 Å². The SMILES string of the molecule is O=C1Nc2ccccc2-n2c(-c3ccc4[nH]ccc4c3)nc3cccc1c32. The fourth-order valence-electron chi connectivity index (χ4n) is 3.89. The van der Waals surface area contributed by atoms with Crippen LogP contribution in [-0.2, 0) is 0 Å². The zero-order valence-electron chi connectivity index (χ0n) is 14.2. The minimum atomic E-state index is -0.112. The molecule has 5 nitrogen and oxygen atoms in total.